The third-order valence-corrected chi connectivity index (χ3v) is 5.56. The van der Waals surface area contributed by atoms with Crippen molar-refractivity contribution in [2.45, 2.75) is 31.1 Å². The van der Waals surface area contributed by atoms with Crippen LogP contribution in [0.5, 0.6) is 0 Å². The molecule has 1 unspecified atom stereocenters. The molecule has 0 saturated heterocycles. The van der Waals surface area contributed by atoms with E-state index < -0.39 is 11.4 Å². The number of carbonyl (C=O) groups excluding carboxylic acids is 2. The molecule has 30 heavy (non-hydrogen) atoms. The van der Waals surface area contributed by atoms with Crippen LogP contribution >= 0.6 is 0 Å². The molecule has 2 amide bonds. The van der Waals surface area contributed by atoms with Gasteiger partial charge in [-0.05, 0) is 42.7 Å². The quantitative estimate of drug-likeness (QED) is 0.582. The zero-order chi connectivity index (χ0) is 21.3. The number of nitrogens with one attached hydrogen (secondary N) is 1. The number of primary amides is 1. The second-order valence-corrected chi connectivity index (χ2v) is 7.65. The van der Waals surface area contributed by atoms with Gasteiger partial charge in [0.05, 0.1) is 11.1 Å². The van der Waals surface area contributed by atoms with Gasteiger partial charge in [0, 0.05) is 23.2 Å². The Hall–Kier alpha value is -3.74. The van der Waals surface area contributed by atoms with Crippen LogP contribution in [0.1, 0.15) is 36.9 Å². The molecule has 2 aromatic carbocycles. The molecular formula is C23H23N5O2. The first-order valence-corrected chi connectivity index (χ1v) is 9.80. The molecule has 0 spiro atoms. The topological polar surface area (TPSA) is 124 Å². The van der Waals surface area contributed by atoms with Crippen LogP contribution < -0.4 is 16.8 Å². The Balaban J connectivity index is 1.64. The molecule has 152 valence electrons. The van der Waals surface area contributed by atoms with Gasteiger partial charge in [-0.1, -0.05) is 37.3 Å². The van der Waals surface area contributed by atoms with Crippen molar-refractivity contribution in [1.82, 2.24) is 9.97 Å². The Morgan fingerprint density at radius 1 is 1.03 bits per heavy atom. The molecular weight excluding hydrogens is 378 g/mol. The number of rotatable bonds is 6. The van der Waals surface area contributed by atoms with Crippen molar-refractivity contribution < 1.29 is 9.59 Å². The lowest BCUT2D eigenvalue weighted by molar-refractivity contribution is -0.122. The number of hydrogen-bond acceptors (Lipinski definition) is 5. The summed E-state index contributed by atoms with van der Waals surface area (Å²) in [4.78, 5) is 33.4. The highest BCUT2D eigenvalue weighted by atomic mass is 16.2. The lowest BCUT2D eigenvalue weighted by atomic mass is 9.84. The molecule has 1 fully saturated rings. The van der Waals surface area contributed by atoms with E-state index in [9.17, 15) is 9.59 Å². The normalized spacial score (nSPS) is 15.2. The van der Waals surface area contributed by atoms with Crippen LogP contribution in [0.25, 0.3) is 11.4 Å². The van der Waals surface area contributed by atoms with E-state index in [1.54, 1.807) is 30.3 Å². The summed E-state index contributed by atoms with van der Waals surface area (Å²) in [5, 5.41) is 2.51. The minimum atomic E-state index is -0.632. The van der Waals surface area contributed by atoms with Gasteiger partial charge < -0.3 is 16.8 Å². The summed E-state index contributed by atoms with van der Waals surface area (Å²) in [5.41, 5.74) is 13.6. The van der Waals surface area contributed by atoms with Crippen LogP contribution in [0, 0.1) is 0 Å². The van der Waals surface area contributed by atoms with Gasteiger partial charge in [0.1, 0.15) is 5.82 Å². The molecule has 3 aromatic rings. The molecule has 0 bridgehead atoms. The zero-order valence-electron chi connectivity index (χ0n) is 16.6. The number of Topliss-reactive ketones (excluding diaryl/α,β-unsaturated/α-hetero) is 1. The summed E-state index contributed by atoms with van der Waals surface area (Å²) in [6.07, 6.45) is 1.50. The van der Waals surface area contributed by atoms with E-state index in [4.69, 9.17) is 16.5 Å². The maximum Gasteiger partial charge on any atom is 0.316 e. The third-order valence-electron chi connectivity index (χ3n) is 5.56. The number of ketones is 1. The monoisotopic (exact) mass is 401 g/mol. The van der Waals surface area contributed by atoms with Crippen LogP contribution in [0.15, 0.2) is 60.7 Å². The van der Waals surface area contributed by atoms with Crippen LogP contribution in [0.3, 0.4) is 0 Å². The number of hydrogen-bond donors (Lipinski definition) is 3. The van der Waals surface area contributed by atoms with E-state index in [0.717, 1.165) is 24.0 Å². The van der Waals surface area contributed by atoms with Crippen molar-refractivity contribution in [3.63, 3.8) is 0 Å². The average Bonchev–Trinajstić information content (AvgIpc) is 3.55. The van der Waals surface area contributed by atoms with Crippen molar-refractivity contribution in [2.75, 3.05) is 11.1 Å². The van der Waals surface area contributed by atoms with Gasteiger partial charge in [-0.2, -0.15) is 0 Å². The van der Waals surface area contributed by atoms with E-state index in [1.165, 1.54) is 0 Å². The Bertz CT molecular complexity index is 1090. The summed E-state index contributed by atoms with van der Waals surface area (Å²) < 4.78 is 0. The van der Waals surface area contributed by atoms with Crippen molar-refractivity contribution in [2.24, 2.45) is 5.73 Å². The Morgan fingerprint density at radius 2 is 1.70 bits per heavy atom. The summed E-state index contributed by atoms with van der Waals surface area (Å²) in [6, 6.07) is 17.8. The molecule has 1 aromatic heterocycles. The van der Waals surface area contributed by atoms with Crippen molar-refractivity contribution in [3.8, 4) is 11.4 Å². The largest absolute Gasteiger partial charge is 0.384 e. The first kappa shape index (κ1) is 19.6. The van der Waals surface area contributed by atoms with Crippen molar-refractivity contribution >= 4 is 23.3 Å². The average molecular weight is 401 g/mol. The highest BCUT2D eigenvalue weighted by molar-refractivity contribution is 5.97. The fourth-order valence-corrected chi connectivity index (χ4v) is 3.75. The first-order chi connectivity index (χ1) is 14.4. The maximum atomic E-state index is 13.4. The number of urea groups is 1. The van der Waals surface area contributed by atoms with Crippen LogP contribution in [0.4, 0.5) is 16.3 Å². The fourth-order valence-electron chi connectivity index (χ4n) is 3.75. The lowest BCUT2D eigenvalue weighted by Gasteiger charge is -2.20. The summed E-state index contributed by atoms with van der Waals surface area (Å²) in [5.74, 6) is 0.689. The fraction of sp³-hybridized carbons (Fsp3) is 0.217. The van der Waals surface area contributed by atoms with E-state index in [-0.39, 0.29) is 11.7 Å². The van der Waals surface area contributed by atoms with Gasteiger partial charge in [-0.15, -0.1) is 0 Å². The Kier molecular flexibility index (Phi) is 4.95. The number of carbonyl (C=O) groups is 2. The molecule has 1 aliphatic carbocycles. The number of aromatic nitrogens is 2. The number of nitrogens with two attached hydrogens (primary N) is 2. The number of benzene rings is 2. The summed E-state index contributed by atoms with van der Waals surface area (Å²) in [6.45, 7) is 1.94. The van der Waals surface area contributed by atoms with Crippen LogP contribution in [0.2, 0.25) is 0 Å². The second-order valence-electron chi connectivity index (χ2n) is 7.65. The van der Waals surface area contributed by atoms with Crippen molar-refractivity contribution in [1.29, 1.82) is 0 Å². The molecule has 5 N–H and O–H groups in total. The molecule has 7 nitrogen and oxygen atoms in total. The molecule has 1 heterocycles. The van der Waals surface area contributed by atoms with Crippen LogP contribution in [-0.2, 0) is 10.2 Å². The van der Waals surface area contributed by atoms with Gasteiger partial charge >= 0.3 is 6.03 Å². The molecule has 7 heteroatoms. The molecule has 4 rings (SSSR count). The van der Waals surface area contributed by atoms with Gasteiger partial charge in [0.2, 0.25) is 0 Å². The smallest absolute Gasteiger partial charge is 0.316 e. The number of anilines is 2. The van der Waals surface area contributed by atoms with Gasteiger partial charge in [-0.3, -0.25) is 4.79 Å². The van der Waals surface area contributed by atoms with Crippen molar-refractivity contribution in [3.05, 3.63) is 71.9 Å². The minimum Gasteiger partial charge on any atom is -0.384 e. The van der Waals surface area contributed by atoms with Gasteiger partial charge in [0.15, 0.2) is 11.6 Å². The lowest BCUT2D eigenvalue weighted by Crippen LogP contribution is -2.27. The Labute approximate surface area is 174 Å². The number of nitrogens with zero attached hydrogens (tertiary/aromatic N) is 2. The third kappa shape index (κ3) is 3.74. The molecule has 1 atom stereocenters. The van der Waals surface area contributed by atoms with Crippen LogP contribution in [-0.4, -0.2) is 21.8 Å². The number of amides is 2. The van der Waals surface area contributed by atoms with E-state index in [2.05, 4.69) is 10.3 Å². The predicted molar refractivity (Wildman–Crippen MR) is 116 cm³/mol. The second kappa shape index (κ2) is 7.59. The minimum absolute atomic E-state index is 0.152. The highest BCUT2D eigenvalue weighted by Crippen LogP contribution is 2.51. The predicted octanol–water partition coefficient (Wildman–Crippen LogP) is 3.62. The van der Waals surface area contributed by atoms with Gasteiger partial charge in [-0.25, -0.2) is 14.8 Å². The van der Waals surface area contributed by atoms with Gasteiger partial charge in [0.25, 0.3) is 0 Å². The van der Waals surface area contributed by atoms with E-state index in [0.29, 0.717) is 23.0 Å². The molecule has 1 aliphatic rings. The Morgan fingerprint density at radius 3 is 2.30 bits per heavy atom. The molecule has 0 radical (unpaired) electrons. The molecule has 0 aliphatic heterocycles. The highest BCUT2D eigenvalue weighted by Gasteiger charge is 2.53. The SMILES string of the molecule is CC(C(=O)C1(c2cc(N)nc(-c3ccc(NC(N)=O)cc3)n2)CC1)c1ccccc1. The number of nitrogen functional groups attached to an aromatic ring is 1. The zero-order valence-corrected chi connectivity index (χ0v) is 16.6. The molecule has 1 saturated carbocycles. The van der Waals surface area contributed by atoms with E-state index >= 15 is 0 Å². The standard InChI is InChI=1S/C23H23N5O2/c1-14(15-5-3-2-4-6-15)20(29)23(11-12-23)18-13-19(24)28-21(27-18)16-7-9-17(10-8-16)26-22(25)30/h2-10,13-14H,11-12H2,1H3,(H2,24,27,28)(H3,25,26,30). The summed E-state index contributed by atoms with van der Waals surface area (Å²) in [7, 11) is 0. The first-order valence-electron chi connectivity index (χ1n) is 9.80. The van der Waals surface area contributed by atoms with E-state index in [1.807, 2.05) is 37.3 Å². The summed E-state index contributed by atoms with van der Waals surface area (Å²) >= 11 is 0. The maximum absolute atomic E-state index is 13.4.